The topological polar surface area (TPSA) is 30.4 Å². The van der Waals surface area contributed by atoms with Gasteiger partial charge in [-0.05, 0) is 43.2 Å². The highest BCUT2D eigenvalue weighted by molar-refractivity contribution is 7.07. The van der Waals surface area contributed by atoms with Crippen LogP contribution < -0.4 is 4.80 Å². The average Bonchev–Trinajstić information content (AvgIpc) is 3.28. The van der Waals surface area contributed by atoms with Gasteiger partial charge in [0.2, 0.25) is 0 Å². The summed E-state index contributed by atoms with van der Waals surface area (Å²) in [4.78, 5) is 5.84. The van der Waals surface area contributed by atoms with E-state index >= 15 is 0 Å². The normalized spacial score (nSPS) is 16.3. The molecule has 2 aromatic heterocycles. The molecule has 4 rings (SSSR count). The number of hydrogen-bond acceptors (Lipinski definition) is 3. The first-order chi connectivity index (χ1) is 11.3. The van der Waals surface area contributed by atoms with E-state index in [-0.39, 0.29) is 0 Å². The summed E-state index contributed by atoms with van der Waals surface area (Å²) in [6, 6.07) is 12.1. The molecule has 0 N–H and O–H groups in total. The molecule has 1 aromatic carbocycles. The number of thiazole rings is 1. The van der Waals surface area contributed by atoms with Crippen molar-refractivity contribution in [1.82, 2.24) is 4.57 Å². The van der Waals surface area contributed by atoms with E-state index in [2.05, 4.69) is 9.95 Å². The summed E-state index contributed by atoms with van der Waals surface area (Å²) in [5.41, 5.74) is 2.00. The molecule has 3 nitrogen and oxygen atoms in total. The van der Waals surface area contributed by atoms with Crippen molar-refractivity contribution in [2.75, 3.05) is 0 Å². The molecule has 1 aliphatic rings. The summed E-state index contributed by atoms with van der Waals surface area (Å²) in [6.45, 7) is 0. The third-order valence-corrected chi connectivity index (χ3v) is 5.31. The average molecular weight is 345 g/mol. The van der Waals surface area contributed by atoms with Crippen LogP contribution in [0.25, 0.3) is 11.5 Å². The van der Waals surface area contributed by atoms with Gasteiger partial charge in [0.25, 0.3) is 0 Å². The van der Waals surface area contributed by atoms with Crippen molar-refractivity contribution in [1.29, 1.82) is 0 Å². The lowest BCUT2D eigenvalue weighted by atomic mass is 10.2. The van der Waals surface area contributed by atoms with E-state index in [4.69, 9.17) is 21.0 Å². The molecular weight excluding hydrogens is 328 g/mol. The second-order valence-electron chi connectivity index (χ2n) is 5.78. The van der Waals surface area contributed by atoms with E-state index in [1.165, 1.54) is 25.7 Å². The molecule has 1 aliphatic carbocycles. The predicted octanol–water partition coefficient (Wildman–Crippen LogP) is 5.81. The van der Waals surface area contributed by atoms with Gasteiger partial charge in [-0.1, -0.05) is 30.5 Å². The van der Waals surface area contributed by atoms with E-state index in [1.54, 1.807) is 17.6 Å². The zero-order chi connectivity index (χ0) is 15.6. The first-order valence-electron chi connectivity index (χ1n) is 7.85. The van der Waals surface area contributed by atoms with Crippen LogP contribution in [0.4, 0.5) is 5.69 Å². The van der Waals surface area contributed by atoms with E-state index < -0.39 is 0 Å². The van der Waals surface area contributed by atoms with Crippen LogP contribution in [0, 0.1) is 0 Å². The molecule has 23 heavy (non-hydrogen) atoms. The van der Waals surface area contributed by atoms with Crippen LogP contribution in [0.15, 0.2) is 57.5 Å². The number of rotatable bonds is 3. The molecule has 2 heterocycles. The Kier molecular flexibility index (Phi) is 4.10. The molecule has 0 radical (unpaired) electrons. The highest BCUT2D eigenvalue weighted by Crippen LogP contribution is 2.33. The maximum atomic E-state index is 6.09. The first-order valence-corrected chi connectivity index (χ1v) is 9.11. The van der Waals surface area contributed by atoms with Gasteiger partial charge < -0.3 is 8.98 Å². The van der Waals surface area contributed by atoms with Crippen molar-refractivity contribution < 1.29 is 4.42 Å². The number of benzene rings is 1. The number of furan rings is 1. The van der Waals surface area contributed by atoms with Gasteiger partial charge in [0.1, 0.15) is 0 Å². The third-order valence-electron chi connectivity index (χ3n) is 4.24. The second-order valence-corrected chi connectivity index (χ2v) is 7.05. The van der Waals surface area contributed by atoms with Crippen LogP contribution in [-0.2, 0) is 0 Å². The Morgan fingerprint density at radius 1 is 1.17 bits per heavy atom. The SMILES string of the molecule is Clc1cccc(N=c2scc(-c3ccco3)n2C2CCCC2)c1. The maximum Gasteiger partial charge on any atom is 0.190 e. The van der Waals surface area contributed by atoms with Crippen molar-refractivity contribution in [3.8, 4) is 11.5 Å². The van der Waals surface area contributed by atoms with Crippen LogP contribution in [0.5, 0.6) is 0 Å². The van der Waals surface area contributed by atoms with Crippen LogP contribution in [0.3, 0.4) is 0 Å². The fraction of sp³-hybridized carbons (Fsp3) is 0.278. The number of nitrogens with zero attached hydrogens (tertiary/aromatic N) is 2. The molecule has 0 bridgehead atoms. The summed E-state index contributed by atoms with van der Waals surface area (Å²) in [6.07, 6.45) is 6.68. The van der Waals surface area contributed by atoms with Crippen molar-refractivity contribution >= 4 is 28.6 Å². The lowest BCUT2D eigenvalue weighted by Gasteiger charge is -2.14. The van der Waals surface area contributed by atoms with Gasteiger partial charge in [-0.15, -0.1) is 11.3 Å². The van der Waals surface area contributed by atoms with Gasteiger partial charge >= 0.3 is 0 Å². The fourth-order valence-corrected chi connectivity index (χ4v) is 4.33. The molecular formula is C18H17ClN2OS. The third kappa shape index (κ3) is 3.01. The molecule has 1 fully saturated rings. The smallest absolute Gasteiger partial charge is 0.190 e. The van der Waals surface area contributed by atoms with Crippen LogP contribution in [-0.4, -0.2) is 4.57 Å². The summed E-state index contributed by atoms with van der Waals surface area (Å²) in [5.74, 6) is 0.903. The molecule has 0 aliphatic heterocycles. The predicted molar refractivity (Wildman–Crippen MR) is 94.2 cm³/mol. The van der Waals surface area contributed by atoms with Gasteiger partial charge in [-0.3, -0.25) is 0 Å². The monoisotopic (exact) mass is 344 g/mol. The van der Waals surface area contributed by atoms with Gasteiger partial charge in [0.15, 0.2) is 10.6 Å². The molecule has 1 saturated carbocycles. The Bertz CT molecular complexity index is 857. The van der Waals surface area contributed by atoms with Crippen molar-refractivity contribution in [3.63, 3.8) is 0 Å². The summed E-state index contributed by atoms with van der Waals surface area (Å²) < 4.78 is 7.97. The Balaban J connectivity index is 1.86. The van der Waals surface area contributed by atoms with Crippen LogP contribution in [0.2, 0.25) is 5.02 Å². The first kappa shape index (κ1) is 14.8. The minimum absolute atomic E-state index is 0.499. The standard InChI is InChI=1S/C18H17ClN2OS/c19-13-5-3-6-14(11-13)20-18-21(15-7-1-2-8-15)16(12-23-18)17-9-4-10-22-17/h3-6,9-12,15H,1-2,7-8H2. The van der Waals surface area contributed by atoms with Crippen molar-refractivity contribution in [2.45, 2.75) is 31.7 Å². The Labute approximate surface area is 143 Å². The summed E-state index contributed by atoms with van der Waals surface area (Å²) in [7, 11) is 0. The number of aromatic nitrogens is 1. The van der Waals surface area contributed by atoms with E-state index in [1.807, 2.05) is 36.4 Å². The second kappa shape index (κ2) is 6.38. The van der Waals surface area contributed by atoms with Crippen LogP contribution >= 0.6 is 22.9 Å². The van der Waals surface area contributed by atoms with Gasteiger partial charge in [0.05, 0.1) is 17.6 Å². The van der Waals surface area contributed by atoms with E-state index in [0.29, 0.717) is 11.1 Å². The highest BCUT2D eigenvalue weighted by atomic mass is 35.5. The zero-order valence-electron chi connectivity index (χ0n) is 12.6. The van der Waals surface area contributed by atoms with E-state index in [0.717, 1.165) is 21.9 Å². The zero-order valence-corrected chi connectivity index (χ0v) is 14.2. The summed E-state index contributed by atoms with van der Waals surface area (Å²) in [5, 5.41) is 2.85. The quantitative estimate of drug-likeness (QED) is 0.589. The summed E-state index contributed by atoms with van der Waals surface area (Å²) >= 11 is 7.74. The van der Waals surface area contributed by atoms with Gasteiger partial charge in [-0.2, -0.15) is 0 Å². The number of halogens is 1. The lowest BCUT2D eigenvalue weighted by Crippen LogP contribution is -2.19. The Hall–Kier alpha value is -1.78. The largest absolute Gasteiger partial charge is 0.463 e. The van der Waals surface area contributed by atoms with Crippen LogP contribution in [0.1, 0.15) is 31.7 Å². The lowest BCUT2D eigenvalue weighted by molar-refractivity contribution is 0.499. The molecule has 118 valence electrons. The fourth-order valence-electron chi connectivity index (χ4n) is 3.18. The molecule has 3 aromatic rings. The van der Waals surface area contributed by atoms with Crippen molar-refractivity contribution in [2.24, 2.45) is 4.99 Å². The molecule has 5 heteroatoms. The molecule has 0 spiro atoms. The highest BCUT2D eigenvalue weighted by Gasteiger charge is 2.22. The molecule has 0 atom stereocenters. The molecule has 0 amide bonds. The van der Waals surface area contributed by atoms with E-state index in [9.17, 15) is 0 Å². The molecule has 0 saturated heterocycles. The minimum Gasteiger partial charge on any atom is -0.463 e. The van der Waals surface area contributed by atoms with Crippen molar-refractivity contribution in [3.05, 3.63) is 57.9 Å². The Morgan fingerprint density at radius 2 is 2.04 bits per heavy atom. The molecule has 0 unspecified atom stereocenters. The minimum atomic E-state index is 0.499. The maximum absolute atomic E-state index is 6.09. The van der Waals surface area contributed by atoms with Gasteiger partial charge in [-0.25, -0.2) is 4.99 Å². The number of hydrogen-bond donors (Lipinski definition) is 0. The van der Waals surface area contributed by atoms with Gasteiger partial charge in [0, 0.05) is 16.4 Å². The Morgan fingerprint density at radius 3 is 2.78 bits per heavy atom.